The summed E-state index contributed by atoms with van der Waals surface area (Å²) in [6, 6.07) is 6.47. The highest BCUT2D eigenvalue weighted by molar-refractivity contribution is 7.92. The molecule has 4 nitrogen and oxygen atoms in total. The molecule has 0 saturated heterocycles. The molecule has 1 heterocycles. The minimum absolute atomic E-state index is 0.317. The lowest BCUT2D eigenvalue weighted by atomic mass is 10.0. The van der Waals surface area contributed by atoms with E-state index in [4.69, 9.17) is 0 Å². The zero-order valence-corrected chi connectivity index (χ0v) is 14.6. The molecule has 2 aromatic rings. The van der Waals surface area contributed by atoms with Crippen molar-refractivity contribution in [3.63, 3.8) is 0 Å². The fraction of sp³-hybridized carbons (Fsp3) is 0.471. The Balaban J connectivity index is 2.21. The molecular weight excluding hydrogens is 315 g/mol. The van der Waals surface area contributed by atoms with Crippen molar-refractivity contribution in [3.8, 4) is 0 Å². The molecular formula is C17H23FN2O2S. The van der Waals surface area contributed by atoms with Crippen LogP contribution in [-0.4, -0.2) is 30.9 Å². The summed E-state index contributed by atoms with van der Waals surface area (Å²) in [5, 5.41) is 3.92. The van der Waals surface area contributed by atoms with Gasteiger partial charge in [0.05, 0.1) is 10.3 Å². The van der Waals surface area contributed by atoms with Crippen molar-refractivity contribution in [2.45, 2.75) is 38.0 Å². The average molecular weight is 338 g/mol. The van der Waals surface area contributed by atoms with Crippen LogP contribution in [0, 0.1) is 5.82 Å². The molecule has 6 heteroatoms. The van der Waals surface area contributed by atoms with Crippen LogP contribution in [0.5, 0.6) is 0 Å². The van der Waals surface area contributed by atoms with Gasteiger partial charge in [0.1, 0.15) is 5.82 Å². The molecule has 23 heavy (non-hydrogen) atoms. The molecule has 0 aliphatic carbocycles. The van der Waals surface area contributed by atoms with Crippen LogP contribution in [-0.2, 0) is 16.4 Å². The van der Waals surface area contributed by atoms with E-state index in [-0.39, 0.29) is 5.82 Å². The second-order valence-corrected chi connectivity index (χ2v) is 8.32. The molecule has 0 unspecified atom stereocenters. The van der Waals surface area contributed by atoms with Crippen LogP contribution in [0.2, 0.25) is 0 Å². The van der Waals surface area contributed by atoms with Gasteiger partial charge in [-0.15, -0.1) is 0 Å². The van der Waals surface area contributed by atoms with Gasteiger partial charge in [-0.2, -0.15) is 0 Å². The third kappa shape index (κ3) is 3.70. The molecule has 126 valence electrons. The van der Waals surface area contributed by atoms with Gasteiger partial charge in [0, 0.05) is 30.9 Å². The summed E-state index contributed by atoms with van der Waals surface area (Å²) in [5.41, 5.74) is 1.47. The molecule has 1 aromatic carbocycles. The van der Waals surface area contributed by atoms with Gasteiger partial charge in [0.15, 0.2) is 9.84 Å². The van der Waals surface area contributed by atoms with Crippen molar-refractivity contribution in [1.82, 2.24) is 10.3 Å². The topological polar surface area (TPSA) is 59.1 Å². The van der Waals surface area contributed by atoms with Crippen molar-refractivity contribution in [2.75, 3.05) is 12.8 Å². The fourth-order valence-corrected chi connectivity index (χ4v) is 4.36. The third-order valence-corrected chi connectivity index (χ3v) is 6.88. The van der Waals surface area contributed by atoms with Crippen molar-refractivity contribution in [3.05, 3.63) is 41.8 Å². The second kappa shape index (κ2) is 6.93. The molecule has 0 aliphatic rings. The first-order chi connectivity index (χ1) is 10.8. The Morgan fingerprint density at radius 3 is 2.57 bits per heavy atom. The zero-order chi connectivity index (χ0) is 17.1. The van der Waals surface area contributed by atoms with Crippen LogP contribution in [0.25, 0.3) is 10.9 Å². The lowest BCUT2D eigenvalue weighted by Gasteiger charge is -2.30. The third-order valence-electron chi connectivity index (χ3n) is 4.59. The second-order valence-electron chi connectivity index (χ2n) is 5.91. The summed E-state index contributed by atoms with van der Waals surface area (Å²) >= 11 is 0. The van der Waals surface area contributed by atoms with Crippen LogP contribution < -0.4 is 5.32 Å². The number of benzene rings is 1. The first-order valence-corrected chi connectivity index (χ1v) is 9.65. The van der Waals surface area contributed by atoms with Gasteiger partial charge >= 0.3 is 0 Å². The minimum atomic E-state index is -3.18. The van der Waals surface area contributed by atoms with E-state index in [2.05, 4.69) is 10.3 Å². The normalized spacial score (nSPS) is 12.7. The van der Waals surface area contributed by atoms with Crippen molar-refractivity contribution in [2.24, 2.45) is 0 Å². The van der Waals surface area contributed by atoms with Crippen molar-refractivity contribution >= 4 is 20.7 Å². The number of fused-ring (bicyclic) bond motifs is 1. The molecule has 1 N–H and O–H groups in total. The molecule has 0 atom stereocenters. The van der Waals surface area contributed by atoms with Gasteiger partial charge in [-0.3, -0.25) is 4.98 Å². The van der Waals surface area contributed by atoms with E-state index in [1.165, 1.54) is 18.4 Å². The maximum Gasteiger partial charge on any atom is 0.154 e. The Hall–Kier alpha value is -1.53. The fourth-order valence-electron chi connectivity index (χ4n) is 2.94. The van der Waals surface area contributed by atoms with Crippen LogP contribution in [0.4, 0.5) is 4.39 Å². The summed E-state index contributed by atoms with van der Waals surface area (Å²) in [6.07, 6.45) is 4.03. The highest BCUT2D eigenvalue weighted by atomic mass is 32.2. The monoisotopic (exact) mass is 338 g/mol. The highest BCUT2D eigenvalue weighted by Crippen LogP contribution is 2.25. The summed E-state index contributed by atoms with van der Waals surface area (Å²) in [4.78, 5) is 4.30. The SMILES string of the molecule is CCC(CC)(CNCc1cc(F)cc2cccnc12)S(C)(=O)=O. The number of aromatic nitrogens is 1. The lowest BCUT2D eigenvalue weighted by molar-refractivity contribution is 0.451. The van der Waals surface area contributed by atoms with Gasteiger partial charge < -0.3 is 5.32 Å². The number of halogens is 1. The van der Waals surface area contributed by atoms with E-state index in [0.29, 0.717) is 25.9 Å². The molecule has 0 spiro atoms. The lowest BCUT2D eigenvalue weighted by Crippen LogP contribution is -2.45. The maximum absolute atomic E-state index is 13.7. The molecule has 1 aromatic heterocycles. The minimum Gasteiger partial charge on any atom is -0.311 e. The van der Waals surface area contributed by atoms with Crippen LogP contribution in [0.15, 0.2) is 30.5 Å². The van der Waals surface area contributed by atoms with Crippen molar-refractivity contribution < 1.29 is 12.8 Å². The molecule has 0 aliphatic heterocycles. The van der Waals surface area contributed by atoms with E-state index >= 15 is 0 Å². The van der Waals surface area contributed by atoms with Gasteiger partial charge in [0.2, 0.25) is 0 Å². The predicted molar refractivity (Wildman–Crippen MR) is 91.6 cm³/mol. The average Bonchev–Trinajstić information content (AvgIpc) is 2.50. The smallest absolute Gasteiger partial charge is 0.154 e. The number of nitrogens with zero attached hydrogens (tertiary/aromatic N) is 1. The number of sulfone groups is 1. The molecule has 0 radical (unpaired) electrons. The Morgan fingerprint density at radius 1 is 1.26 bits per heavy atom. The molecule has 0 amide bonds. The maximum atomic E-state index is 13.7. The predicted octanol–water partition coefficient (Wildman–Crippen LogP) is 3.07. The Labute approximate surface area is 137 Å². The molecule has 0 bridgehead atoms. The summed E-state index contributed by atoms with van der Waals surface area (Å²) in [7, 11) is -3.18. The first kappa shape index (κ1) is 17.8. The Bertz CT molecular complexity index is 786. The standard InChI is InChI=1S/C17H23FN2O2S/c1-4-17(5-2,23(3,21)22)12-19-11-14-10-15(18)9-13-7-6-8-20-16(13)14/h6-10,19H,4-5,11-12H2,1-3H3. The molecule has 0 fully saturated rings. The van der Waals surface area contributed by atoms with Gasteiger partial charge in [-0.05, 0) is 36.6 Å². The van der Waals surface area contributed by atoms with Gasteiger partial charge in [-0.25, -0.2) is 12.8 Å². The van der Waals surface area contributed by atoms with Crippen LogP contribution in [0.3, 0.4) is 0 Å². The first-order valence-electron chi connectivity index (χ1n) is 7.76. The van der Waals surface area contributed by atoms with Crippen LogP contribution in [0.1, 0.15) is 32.3 Å². The van der Waals surface area contributed by atoms with Crippen LogP contribution >= 0.6 is 0 Å². The number of rotatable bonds is 7. The quantitative estimate of drug-likeness (QED) is 0.843. The Morgan fingerprint density at radius 2 is 1.96 bits per heavy atom. The summed E-state index contributed by atoms with van der Waals surface area (Å²) in [5.74, 6) is -0.317. The number of nitrogens with one attached hydrogen (secondary N) is 1. The molecule has 2 rings (SSSR count). The summed E-state index contributed by atoms with van der Waals surface area (Å²) < 4.78 is 37.2. The summed E-state index contributed by atoms with van der Waals surface area (Å²) in [6.45, 7) is 4.48. The largest absolute Gasteiger partial charge is 0.311 e. The van der Waals surface area contributed by atoms with E-state index in [9.17, 15) is 12.8 Å². The van der Waals surface area contributed by atoms with Crippen molar-refractivity contribution in [1.29, 1.82) is 0 Å². The van der Waals surface area contributed by atoms with Gasteiger partial charge in [-0.1, -0.05) is 19.9 Å². The van der Waals surface area contributed by atoms with Gasteiger partial charge in [0.25, 0.3) is 0 Å². The molecule has 0 saturated carbocycles. The number of pyridine rings is 1. The zero-order valence-electron chi connectivity index (χ0n) is 13.8. The van der Waals surface area contributed by atoms with E-state index in [1.807, 2.05) is 19.9 Å². The highest BCUT2D eigenvalue weighted by Gasteiger charge is 2.36. The number of hydrogen-bond acceptors (Lipinski definition) is 4. The van der Waals surface area contributed by atoms with E-state index < -0.39 is 14.6 Å². The number of hydrogen-bond donors (Lipinski definition) is 1. The van der Waals surface area contributed by atoms with E-state index in [0.717, 1.165) is 16.5 Å². The Kier molecular flexibility index (Phi) is 5.37. The van der Waals surface area contributed by atoms with E-state index in [1.54, 1.807) is 12.3 Å².